The molecule has 0 unspecified atom stereocenters. The summed E-state index contributed by atoms with van der Waals surface area (Å²) in [4.78, 5) is 0. The summed E-state index contributed by atoms with van der Waals surface area (Å²) in [5.74, 6) is -2.45. The first-order valence-corrected chi connectivity index (χ1v) is 9.12. The zero-order valence-corrected chi connectivity index (χ0v) is 15.4. The molecule has 4 aromatic carbocycles. The van der Waals surface area contributed by atoms with Gasteiger partial charge >= 0.3 is 0 Å². The Kier molecular flexibility index (Phi) is 4.77. The molecule has 2 nitrogen and oxygen atoms in total. The van der Waals surface area contributed by atoms with E-state index in [9.17, 15) is 19.0 Å². The van der Waals surface area contributed by atoms with Crippen molar-refractivity contribution in [2.75, 3.05) is 0 Å². The molecule has 29 heavy (non-hydrogen) atoms. The highest BCUT2D eigenvalue weighted by atomic mass is 19.1. The Labute approximate surface area is 167 Å². The second kappa shape index (κ2) is 7.40. The highest BCUT2D eigenvalue weighted by Gasteiger charge is 2.39. The van der Waals surface area contributed by atoms with Gasteiger partial charge in [-0.25, -0.2) is 8.78 Å². The van der Waals surface area contributed by atoms with Gasteiger partial charge in [0.15, 0.2) is 23.1 Å². The number of benzene rings is 4. The number of phenolic OH excluding ortho intramolecular Hbond substituents is 2. The van der Waals surface area contributed by atoms with Gasteiger partial charge in [-0.1, -0.05) is 72.8 Å². The largest absolute Gasteiger partial charge is 0.505 e. The molecule has 0 amide bonds. The fraction of sp³-hybridized carbons (Fsp3) is 0.0400. The van der Waals surface area contributed by atoms with E-state index < -0.39 is 28.5 Å². The van der Waals surface area contributed by atoms with Gasteiger partial charge in [-0.15, -0.1) is 0 Å². The zero-order chi connectivity index (χ0) is 20.4. The van der Waals surface area contributed by atoms with E-state index in [1.54, 1.807) is 12.1 Å². The van der Waals surface area contributed by atoms with Crippen LogP contribution in [0.4, 0.5) is 8.78 Å². The van der Waals surface area contributed by atoms with Crippen LogP contribution in [0.1, 0.15) is 22.3 Å². The lowest BCUT2D eigenvalue weighted by molar-refractivity contribution is 0.430. The number of rotatable bonds is 4. The molecule has 0 aromatic heterocycles. The van der Waals surface area contributed by atoms with Crippen LogP contribution >= 0.6 is 0 Å². The van der Waals surface area contributed by atoms with Crippen LogP contribution in [-0.2, 0) is 5.41 Å². The van der Waals surface area contributed by atoms with E-state index >= 15 is 0 Å². The van der Waals surface area contributed by atoms with Gasteiger partial charge in [0, 0.05) is 0 Å². The Morgan fingerprint density at radius 1 is 0.483 bits per heavy atom. The fourth-order valence-electron chi connectivity index (χ4n) is 3.86. The quantitative estimate of drug-likeness (QED) is 0.437. The van der Waals surface area contributed by atoms with Gasteiger partial charge in [0.25, 0.3) is 0 Å². The van der Waals surface area contributed by atoms with Gasteiger partial charge in [0.2, 0.25) is 0 Å². The molecule has 0 saturated carbocycles. The predicted molar refractivity (Wildman–Crippen MR) is 108 cm³/mol. The summed E-state index contributed by atoms with van der Waals surface area (Å²) in [5, 5.41) is 19.5. The van der Waals surface area contributed by atoms with Crippen LogP contribution in [0.5, 0.6) is 11.5 Å². The molecule has 0 aliphatic heterocycles. The third-order valence-corrected chi connectivity index (χ3v) is 5.17. The average Bonchev–Trinajstić information content (AvgIpc) is 2.75. The van der Waals surface area contributed by atoms with Gasteiger partial charge in [0.1, 0.15) is 0 Å². The molecule has 4 aromatic rings. The third kappa shape index (κ3) is 3.13. The first-order valence-electron chi connectivity index (χ1n) is 9.12. The van der Waals surface area contributed by atoms with Gasteiger partial charge in [-0.2, -0.15) is 0 Å². The number of aromatic hydroxyl groups is 2. The van der Waals surface area contributed by atoms with Crippen molar-refractivity contribution in [3.63, 3.8) is 0 Å². The Morgan fingerprint density at radius 3 is 1.21 bits per heavy atom. The van der Waals surface area contributed by atoms with Gasteiger partial charge in [-0.3, -0.25) is 0 Å². The molecule has 0 spiro atoms. The Morgan fingerprint density at radius 2 is 0.862 bits per heavy atom. The number of hydrogen-bond donors (Lipinski definition) is 2. The summed E-state index contributed by atoms with van der Waals surface area (Å²) in [6, 6.07) is 27.1. The summed E-state index contributed by atoms with van der Waals surface area (Å²) in [5.41, 5.74) is 1.57. The summed E-state index contributed by atoms with van der Waals surface area (Å²) < 4.78 is 28.9. The van der Waals surface area contributed by atoms with Gasteiger partial charge in [0.05, 0.1) is 5.41 Å². The van der Waals surface area contributed by atoms with Crippen LogP contribution in [-0.4, -0.2) is 10.2 Å². The fourth-order valence-corrected chi connectivity index (χ4v) is 3.86. The maximum absolute atomic E-state index is 14.4. The second-order valence-corrected chi connectivity index (χ2v) is 6.81. The summed E-state index contributed by atoms with van der Waals surface area (Å²) in [6.07, 6.45) is 0. The first kappa shape index (κ1) is 18.7. The molecule has 144 valence electrons. The van der Waals surface area contributed by atoms with Crippen molar-refractivity contribution < 1.29 is 19.0 Å². The third-order valence-electron chi connectivity index (χ3n) is 5.17. The molecule has 0 bridgehead atoms. The van der Waals surface area contributed by atoms with Gasteiger partial charge in [-0.05, 0) is 46.5 Å². The van der Waals surface area contributed by atoms with Crippen molar-refractivity contribution in [1.82, 2.24) is 0 Å². The molecule has 4 rings (SSSR count). The second-order valence-electron chi connectivity index (χ2n) is 6.81. The number of hydrogen-bond acceptors (Lipinski definition) is 2. The maximum atomic E-state index is 14.4. The van der Waals surface area contributed by atoms with Crippen LogP contribution in [0, 0.1) is 11.6 Å². The van der Waals surface area contributed by atoms with Crippen LogP contribution < -0.4 is 0 Å². The van der Waals surface area contributed by atoms with Crippen LogP contribution in [0.25, 0.3) is 0 Å². The van der Waals surface area contributed by atoms with E-state index in [4.69, 9.17) is 0 Å². The van der Waals surface area contributed by atoms with E-state index in [1.807, 2.05) is 60.7 Å². The molecular formula is C25H18F2O2. The lowest BCUT2D eigenvalue weighted by atomic mass is 9.65. The van der Waals surface area contributed by atoms with E-state index in [0.29, 0.717) is 11.1 Å². The van der Waals surface area contributed by atoms with E-state index in [-0.39, 0.29) is 0 Å². The minimum Gasteiger partial charge on any atom is -0.505 e. The normalized spacial score (nSPS) is 11.4. The van der Waals surface area contributed by atoms with Crippen molar-refractivity contribution in [2.24, 2.45) is 0 Å². The average molecular weight is 388 g/mol. The van der Waals surface area contributed by atoms with E-state index in [1.165, 1.54) is 24.3 Å². The summed E-state index contributed by atoms with van der Waals surface area (Å²) >= 11 is 0. The minimum absolute atomic E-state index is 0.458. The first-order chi connectivity index (χ1) is 14.0. The Hall–Kier alpha value is -3.66. The van der Waals surface area contributed by atoms with Crippen molar-refractivity contribution >= 4 is 0 Å². The van der Waals surface area contributed by atoms with Gasteiger partial charge < -0.3 is 10.2 Å². The van der Waals surface area contributed by atoms with Crippen molar-refractivity contribution in [3.8, 4) is 11.5 Å². The Balaban J connectivity index is 2.16. The smallest absolute Gasteiger partial charge is 0.165 e. The zero-order valence-electron chi connectivity index (χ0n) is 15.4. The maximum Gasteiger partial charge on any atom is 0.165 e. The molecule has 0 heterocycles. The van der Waals surface area contributed by atoms with Crippen molar-refractivity contribution in [3.05, 3.63) is 131 Å². The molecule has 0 saturated heterocycles. The molecule has 4 heteroatoms. The monoisotopic (exact) mass is 388 g/mol. The standard InChI is InChI=1S/C25H18F2O2/c26-21-15-19(11-13-23(21)28)25(17-7-3-1-4-8-17,18-9-5-2-6-10-18)20-12-14-24(29)22(27)16-20/h1-16,28-29H. The topological polar surface area (TPSA) is 40.5 Å². The highest BCUT2D eigenvalue weighted by Crippen LogP contribution is 2.46. The molecule has 2 N–H and O–H groups in total. The van der Waals surface area contributed by atoms with Crippen LogP contribution in [0.15, 0.2) is 97.1 Å². The summed E-state index contributed by atoms with van der Waals surface area (Å²) in [6.45, 7) is 0. The molecule has 0 aliphatic carbocycles. The SMILES string of the molecule is Oc1ccc(C(c2ccccc2)(c2ccccc2)c2ccc(O)c(F)c2)cc1F. The lowest BCUT2D eigenvalue weighted by Gasteiger charge is -2.37. The molecule has 0 atom stereocenters. The van der Waals surface area contributed by atoms with E-state index in [2.05, 4.69) is 0 Å². The molecule has 0 radical (unpaired) electrons. The predicted octanol–water partition coefficient (Wildman–Crippen LogP) is 5.76. The van der Waals surface area contributed by atoms with Crippen molar-refractivity contribution in [1.29, 1.82) is 0 Å². The van der Waals surface area contributed by atoms with Crippen LogP contribution in [0.2, 0.25) is 0 Å². The molecule has 0 aliphatic rings. The molecular weight excluding hydrogens is 370 g/mol. The minimum atomic E-state index is -1.06. The molecule has 0 fully saturated rings. The van der Waals surface area contributed by atoms with E-state index in [0.717, 1.165) is 11.1 Å². The lowest BCUT2D eigenvalue weighted by Crippen LogP contribution is -2.31. The summed E-state index contributed by atoms with van der Waals surface area (Å²) in [7, 11) is 0. The van der Waals surface area contributed by atoms with Crippen molar-refractivity contribution in [2.45, 2.75) is 5.41 Å². The highest BCUT2D eigenvalue weighted by molar-refractivity contribution is 5.60. The Bertz CT molecular complexity index is 1050. The van der Waals surface area contributed by atoms with Crippen LogP contribution in [0.3, 0.4) is 0 Å². The number of halogens is 2. The number of phenols is 2.